The number of nitrogens with one attached hydrogen (secondary N) is 2. The maximum atomic E-state index is 12.3. The zero-order valence-corrected chi connectivity index (χ0v) is 12.5. The second kappa shape index (κ2) is 6.08. The van der Waals surface area contributed by atoms with Gasteiger partial charge < -0.3 is 5.32 Å². The number of carbonyl (C=O) groups excluding carboxylic acids is 3. The van der Waals surface area contributed by atoms with Crippen LogP contribution >= 0.6 is 0 Å². The quantitative estimate of drug-likeness (QED) is 0.830. The normalized spacial score (nSPS) is 18.6. The first kappa shape index (κ1) is 15.2. The highest BCUT2D eigenvalue weighted by molar-refractivity contribution is 6.04. The highest BCUT2D eigenvalue weighted by Crippen LogP contribution is 2.18. The number of aryl methyl sites for hydroxylation is 1. The van der Waals surface area contributed by atoms with Crippen LogP contribution in [0.1, 0.15) is 54.1 Å². The minimum Gasteiger partial charge on any atom is -0.340 e. The fourth-order valence-electron chi connectivity index (χ4n) is 2.37. The zero-order valence-electron chi connectivity index (χ0n) is 12.5. The molecular weight excluding hydrogens is 268 g/mol. The third-order valence-electron chi connectivity index (χ3n) is 3.71. The van der Waals surface area contributed by atoms with E-state index in [1.165, 1.54) is 5.56 Å². The Morgan fingerprint density at radius 2 is 2.05 bits per heavy atom. The van der Waals surface area contributed by atoms with Crippen molar-refractivity contribution < 1.29 is 14.4 Å². The molecule has 5 nitrogen and oxygen atoms in total. The summed E-state index contributed by atoms with van der Waals surface area (Å²) in [4.78, 5) is 35.0. The molecule has 1 aromatic carbocycles. The van der Waals surface area contributed by atoms with Crippen molar-refractivity contribution in [2.75, 3.05) is 0 Å². The van der Waals surface area contributed by atoms with Crippen molar-refractivity contribution in [3.05, 3.63) is 34.9 Å². The number of imide groups is 1. The van der Waals surface area contributed by atoms with Gasteiger partial charge in [-0.1, -0.05) is 26.0 Å². The van der Waals surface area contributed by atoms with Gasteiger partial charge in [-0.15, -0.1) is 0 Å². The molecule has 21 heavy (non-hydrogen) atoms. The predicted molar refractivity (Wildman–Crippen MR) is 78.9 cm³/mol. The maximum absolute atomic E-state index is 12.3. The van der Waals surface area contributed by atoms with Gasteiger partial charge in [-0.3, -0.25) is 19.7 Å². The van der Waals surface area contributed by atoms with Gasteiger partial charge in [-0.25, -0.2) is 0 Å². The molecule has 1 heterocycles. The van der Waals surface area contributed by atoms with Crippen LogP contribution in [0.15, 0.2) is 18.2 Å². The molecule has 0 spiro atoms. The third-order valence-corrected chi connectivity index (χ3v) is 3.71. The Bertz CT molecular complexity index is 593. The Morgan fingerprint density at radius 1 is 1.33 bits per heavy atom. The smallest absolute Gasteiger partial charge is 0.252 e. The summed E-state index contributed by atoms with van der Waals surface area (Å²) < 4.78 is 0. The summed E-state index contributed by atoms with van der Waals surface area (Å²) in [5.74, 6) is -0.604. The van der Waals surface area contributed by atoms with E-state index < -0.39 is 11.9 Å². The van der Waals surface area contributed by atoms with Gasteiger partial charge in [0.15, 0.2) is 0 Å². The Hall–Kier alpha value is -2.17. The highest BCUT2D eigenvalue weighted by Gasteiger charge is 2.28. The Kier molecular flexibility index (Phi) is 4.40. The summed E-state index contributed by atoms with van der Waals surface area (Å²) in [6.45, 7) is 6.07. The summed E-state index contributed by atoms with van der Waals surface area (Å²) in [5.41, 5.74) is 2.61. The molecule has 0 radical (unpaired) electrons. The summed E-state index contributed by atoms with van der Waals surface area (Å²) in [6, 6.07) is 5.06. The van der Waals surface area contributed by atoms with E-state index in [1.807, 2.05) is 19.1 Å². The van der Waals surface area contributed by atoms with Gasteiger partial charge in [0.2, 0.25) is 11.8 Å². The van der Waals surface area contributed by atoms with Crippen LogP contribution in [0.25, 0.3) is 0 Å². The predicted octanol–water partition coefficient (Wildman–Crippen LogP) is 1.65. The number of benzene rings is 1. The van der Waals surface area contributed by atoms with E-state index in [9.17, 15) is 14.4 Å². The van der Waals surface area contributed by atoms with Crippen LogP contribution in [-0.4, -0.2) is 23.8 Å². The first-order chi connectivity index (χ1) is 9.88. The molecule has 1 unspecified atom stereocenters. The summed E-state index contributed by atoms with van der Waals surface area (Å²) in [6.07, 6.45) is 0.599. The number of hydrogen-bond donors (Lipinski definition) is 2. The van der Waals surface area contributed by atoms with Gasteiger partial charge >= 0.3 is 0 Å². The lowest BCUT2D eigenvalue weighted by Crippen LogP contribution is -2.52. The van der Waals surface area contributed by atoms with Crippen molar-refractivity contribution >= 4 is 17.7 Å². The molecule has 1 aliphatic rings. The van der Waals surface area contributed by atoms with Crippen molar-refractivity contribution in [3.63, 3.8) is 0 Å². The molecular formula is C16H20N2O3. The van der Waals surface area contributed by atoms with E-state index in [0.717, 1.165) is 5.56 Å². The van der Waals surface area contributed by atoms with Gasteiger partial charge in [0.1, 0.15) is 6.04 Å². The molecule has 1 aromatic rings. The molecule has 112 valence electrons. The molecule has 0 aliphatic carbocycles. The third kappa shape index (κ3) is 3.48. The minimum atomic E-state index is -0.639. The van der Waals surface area contributed by atoms with Crippen LogP contribution in [0.4, 0.5) is 0 Å². The fraction of sp³-hybridized carbons (Fsp3) is 0.438. The number of rotatable bonds is 3. The number of carbonyl (C=O) groups is 3. The van der Waals surface area contributed by atoms with E-state index >= 15 is 0 Å². The summed E-state index contributed by atoms with van der Waals surface area (Å²) >= 11 is 0. The largest absolute Gasteiger partial charge is 0.340 e. The van der Waals surface area contributed by atoms with Crippen LogP contribution in [0.3, 0.4) is 0 Å². The van der Waals surface area contributed by atoms with Crippen LogP contribution in [0.5, 0.6) is 0 Å². The molecule has 5 heteroatoms. The monoisotopic (exact) mass is 288 g/mol. The first-order valence-corrected chi connectivity index (χ1v) is 7.13. The van der Waals surface area contributed by atoms with Crippen molar-refractivity contribution in [1.29, 1.82) is 0 Å². The Morgan fingerprint density at radius 3 is 2.62 bits per heavy atom. The lowest BCUT2D eigenvalue weighted by molar-refractivity contribution is -0.134. The van der Waals surface area contributed by atoms with Gasteiger partial charge in [0, 0.05) is 12.0 Å². The lowest BCUT2D eigenvalue weighted by atomic mass is 9.97. The molecule has 0 aromatic heterocycles. The number of amides is 3. The first-order valence-electron chi connectivity index (χ1n) is 7.13. The molecule has 1 aliphatic heterocycles. The molecule has 0 saturated carbocycles. The van der Waals surface area contributed by atoms with Crippen LogP contribution in [0.2, 0.25) is 0 Å². The lowest BCUT2D eigenvalue weighted by Gasteiger charge is -2.22. The topological polar surface area (TPSA) is 75.3 Å². The molecule has 2 rings (SSSR count). The second-order valence-corrected chi connectivity index (χ2v) is 5.71. The second-order valence-electron chi connectivity index (χ2n) is 5.71. The average Bonchev–Trinajstić information content (AvgIpc) is 2.41. The molecule has 3 amide bonds. The summed E-state index contributed by atoms with van der Waals surface area (Å²) in [5, 5.41) is 4.92. The van der Waals surface area contributed by atoms with Gasteiger partial charge in [0.25, 0.3) is 5.91 Å². The van der Waals surface area contributed by atoms with Crippen molar-refractivity contribution in [2.24, 2.45) is 0 Å². The summed E-state index contributed by atoms with van der Waals surface area (Å²) in [7, 11) is 0. The van der Waals surface area contributed by atoms with Crippen LogP contribution < -0.4 is 10.6 Å². The Labute approximate surface area is 124 Å². The van der Waals surface area contributed by atoms with Gasteiger partial charge in [0.05, 0.1) is 0 Å². The standard InChI is InChI=1S/C16H20N2O3/c1-9(2)11-4-5-12(10(3)8-11)15(20)17-13-6-7-14(19)18-16(13)21/h4-5,8-9,13H,6-7H2,1-3H3,(H,17,20)(H,18,19,21). The van der Waals surface area contributed by atoms with E-state index in [0.29, 0.717) is 17.9 Å². The fourth-order valence-corrected chi connectivity index (χ4v) is 2.37. The van der Waals surface area contributed by atoms with Gasteiger partial charge in [-0.2, -0.15) is 0 Å². The molecule has 1 fully saturated rings. The number of hydrogen-bond acceptors (Lipinski definition) is 3. The molecule has 1 atom stereocenters. The molecule has 2 N–H and O–H groups in total. The molecule has 0 bridgehead atoms. The minimum absolute atomic E-state index is 0.252. The SMILES string of the molecule is Cc1cc(C(C)C)ccc1C(=O)NC1CCC(=O)NC1=O. The van der Waals surface area contributed by atoms with Crippen LogP contribution in [0, 0.1) is 6.92 Å². The van der Waals surface area contributed by atoms with Gasteiger partial charge in [-0.05, 0) is 36.5 Å². The Balaban J connectivity index is 2.10. The average molecular weight is 288 g/mol. The van der Waals surface area contributed by atoms with E-state index in [-0.39, 0.29) is 18.2 Å². The zero-order chi connectivity index (χ0) is 15.6. The number of piperidine rings is 1. The van der Waals surface area contributed by atoms with E-state index in [2.05, 4.69) is 24.5 Å². The molecule has 1 saturated heterocycles. The van der Waals surface area contributed by atoms with E-state index in [4.69, 9.17) is 0 Å². The highest BCUT2D eigenvalue weighted by atomic mass is 16.2. The van der Waals surface area contributed by atoms with Crippen molar-refractivity contribution in [2.45, 2.75) is 45.6 Å². The van der Waals surface area contributed by atoms with Crippen LogP contribution in [-0.2, 0) is 9.59 Å². The van der Waals surface area contributed by atoms with E-state index in [1.54, 1.807) is 6.07 Å². The van der Waals surface area contributed by atoms with Crippen molar-refractivity contribution in [3.8, 4) is 0 Å². The van der Waals surface area contributed by atoms with Crippen molar-refractivity contribution in [1.82, 2.24) is 10.6 Å². The maximum Gasteiger partial charge on any atom is 0.252 e.